The summed E-state index contributed by atoms with van der Waals surface area (Å²) in [4.78, 5) is 0. The highest BCUT2D eigenvalue weighted by molar-refractivity contribution is 9.10. The lowest BCUT2D eigenvalue weighted by molar-refractivity contribution is 0.320. The molecule has 1 saturated heterocycles. The normalized spacial score (nSPS) is 36.3. The van der Waals surface area contributed by atoms with Crippen LogP contribution in [0, 0.1) is 5.92 Å². The van der Waals surface area contributed by atoms with Crippen molar-refractivity contribution in [1.82, 2.24) is 0 Å². The average molecular weight is 221 g/mol. The Labute approximate surface area is 77.6 Å². The molecule has 0 aromatic heterocycles. The van der Waals surface area contributed by atoms with Crippen LogP contribution in [0.15, 0.2) is 0 Å². The summed E-state index contributed by atoms with van der Waals surface area (Å²) in [5.41, 5.74) is 0. The third kappa shape index (κ3) is 2.19. The standard InChI is InChI=1S/C9H17BrO/c1-4-5-6-9(10)8(11-9)7(2)3/h7-8H,4-6H2,1-3H3. The van der Waals surface area contributed by atoms with Gasteiger partial charge >= 0.3 is 0 Å². The number of rotatable bonds is 4. The monoisotopic (exact) mass is 220 g/mol. The summed E-state index contributed by atoms with van der Waals surface area (Å²) in [7, 11) is 0. The fourth-order valence-corrected chi connectivity index (χ4v) is 2.44. The van der Waals surface area contributed by atoms with Crippen molar-refractivity contribution in [3.63, 3.8) is 0 Å². The highest BCUT2D eigenvalue weighted by Gasteiger charge is 2.54. The van der Waals surface area contributed by atoms with Crippen LogP contribution >= 0.6 is 15.9 Å². The first-order valence-corrected chi connectivity index (χ1v) is 5.26. The molecule has 0 bridgehead atoms. The van der Waals surface area contributed by atoms with Crippen LogP contribution in [0.4, 0.5) is 0 Å². The van der Waals surface area contributed by atoms with E-state index in [1.54, 1.807) is 0 Å². The van der Waals surface area contributed by atoms with Gasteiger partial charge in [-0.25, -0.2) is 0 Å². The highest BCUT2D eigenvalue weighted by Crippen LogP contribution is 2.50. The number of hydrogen-bond donors (Lipinski definition) is 0. The predicted octanol–water partition coefficient (Wildman–Crippen LogP) is 3.32. The summed E-state index contributed by atoms with van der Waals surface area (Å²) >= 11 is 3.64. The van der Waals surface area contributed by atoms with Gasteiger partial charge in [-0.05, 0) is 18.8 Å². The Kier molecular flexibility index (Phi) is 2.98. The molecule has 0 radical (unpaired) electrons. The van der Waals surface area contributed by atoms with Crippen molar-refractivity contribution >= 4 is 15.9 Å². The van der Waals surface area contributed by atoms with Gasteiger partial charge in [0.05, 0.1) is 0 Å². The molecule has 1 nitrogen and oxygen atoms in total. The zero-order valence-corrected chi connectivity index (χ0v) is 9.15. The molecule has 1 rings (SSSR count). The minimum atomic E-state index is 0.0528. The zero-order chi connectivity index (χ0) is 8.48. The first kappa shape index (κ1) is 9.53. The molecule has 0 aliphatic carbocycles. The van der Waals surface area contributed by atoms with Crippen LogP contribution in [-0.2, 0) is 4.74 Å². The quantitative estimate of drug-likeness (QED) is 0.524. The van der Waals surface area contributed by atoms with Crippen LogP contribution < -0.4 is 0 Å². The number of unbranched alkanes of at least 4 members (excludes halogenated alkanes) is 1. The molecular formula is C9H17BrO. The molecule has 0 aromatic carbocycles. The maximum Gasteiger partial charge on any atom is 0.149 e. The van der Waals surface area contributed by atoms with Gasteiger partial charge in [0.15, 0.2) is 0 Å². The zero-order valence-electron chi connectivity index (χ0n) is 7.56. The summed E-state index contributed by atoms with van der Waals surface area (Å²) < 4.78 is 5.64. The molecule has 0 saturated carbocycles. The van der Waals surface area contributed by atoms with E-state index in [0.29, 0.717) is 12.0 Å². The molecule has 2 atom stereocenters. The Morgan fingerprint density at radius 3 is 2.55 bits per heavy atom. The van der Waals surface area contributed by atoms with Gasteiger partial charge in [0.25, 0.3) is 0 Å². The lowest BCUT2D eigenvalue weighted by Gasteiger charge is -2.04. The molecule has 0 amide bonds. The molecule has 0 N–H and O–H groups in total. The average Bonchev–Trinajstić information content (AvgIpc) is 2.60. The minimum absolute atomic E-state index is 0.0528. The van der Waals surface area contributed by atoms with Gasteiger partial charge in [-0.1, -0.05) is 43.1 Å². The lowest BCUT2D eigenvalue weighted by Crippen LogP contribution is -2.10. The summed E-state index contributed by atoms with van der Waals surface area (Å²) in [5, 5.41) is 0. The second-order valence-electron chi connectivity index (χ2n) is 3.67. The van der Waals surface area contributed by atoms with Crippen LogP contribution in [0.5, 0.6) is 0 Å². The van der Waals surface area contributed by atoms with Crippen LogP contribution in [-0.4, -0.2) is 10.6 Å². The van der Waals surface area contributed by atoms with Crippen LogP contribution in [0.2, 0.25) is 0 Å². The summed E-state index contributed by atoms with van der Waals surface area (Å²) in [6.07, 6.45) is 4.12. The second-order valence-corrected chi connectivity index (χ2v) is 5.01. The van der Waals surface area contributed by atoms with Crippen molar-refractivity contribution in [3.05, 3.63) is 0 Å². The summed E-state index contributed by atoms with van der Waals surface area (Å²) in [5.74, 6) is 0.645. The fraction of sp³-hybridized carbons (Fsp3) is 1.00. The number of alkyl halides is 1. The first-order chi connectivity index (χ1) is 5.10. The number of hydrogen-bond acceptors (Lipinski definition) is 1. The van der Waals surface area contributed by atoms with E-state index in [1.165, 1.54) is 12.8 Å². The molecule has 0 spiro atoms. The Bertz CT molecular complexity index is 136. The van der Waals surface area contributed by atoms with Gasteiger partial charge in [0.1, 0.15) is 10.6 Å². The maximum absolute atomic E-state index is 5.58. The Hall–Kier alpha value is 0.440. The molecule has 1 heterocycles. The van der Waals surface area contributed by atoms with Crippen molar-refractivity contribution < 1.29 is 4.74 Å². The molecule has 66 valence electrons. The van der Waals surface area contributed by atoms with Gasteiger partial charge in [-0.15, -0.1) is 0 Å². The molecular weight excluding hydrogens is 204 g/mol. The molecule has 1 fully saturated rings. The SMILES string of the molecule is CCCCC1(Br)OC1C(C)C. The number of halogens is 1. The van der Waals surface area contributed by atoms with E-state index < -0.39 is 0 Å². The predicted molar refractivity (Wildman–Crippen MR) is 50.9 cm³/mol. The van der Waals surface area contributed by atoms with E-state index in [1.807, 2.05) is 0 Å². The Morgan fingerprint density at radius 1 is 1.55 bits per heavy atom. The van der Waals surface area contributed by atoms with Crippen molar-refractivity contribution in [2.75, 3.05) is 0 Å². The molecule has 0 aromatic rings. The topological polar surface area (TPSA) is 12.5 Å². The fourth-order valence-electron chi connectivity index (χ4n) is 1.43. The third-order valence-electron chi connectivity index (χ3n) is 2.17. The molecule has 2 heteroatoms. The van der Waals surface area contributed by atoms with E-state index in [2.05, 4.69) is 36.7 Å². The molecule has 1 aliphatic rings. The minimum Gasteiger partial charge on any atom is -0.354 e. The molecule has 11 heavy (non-hydrogen) atoms. The van der Waals surface area contributed by atoms with Gasteiger partial charge in [0.2, 0.25) is 0 Å². The van der Waals surface area contributed by atoms with E-state index in [-0.39, 0.29) is 4.51 Å². The van der Waals surface area contributed by atoms with E-state index >= 15 is 0 Å². The van der Waals surface area contributed by atoms with Crippen molar-refractivity contribution in [1.29, 1.82) is 0 Å². The van der Waals surface area contributed by atoms with Crippen LogP contribution in [0.1, 0.15) is 40.0 Å². The van der Waals surface area contributed by atoms with Crippen molar-refractivity contribution in [2.45, 2.75) is 50.6 Å². The van der Waals surface area contributed by atoms with Crippen LogP contribution in [0.25, 0.3) is 0 Å². The molecule has 1 aliphatic heterocycles. The lowest BCUT2D eigenvalue weighted by atomic mass is 10.0. The summed E-state index contributed by atoms with van der Waals surface area (Å²) in [6.45, 7) is 6.63. The van der Waals surface area contributed by atoms with E-state index in [9.17, 15) is 0 Å². The van der Waals surface area contributed by atoms with Crippen molar-refractivity contribution in [3.8, 4) is 0 Å². The van der Waals surface area contributed by atoms with Crippen LogP contribution in [0.3, 0.4) is 0 Å². The summed E-state index contributed by atoms with van der Waals surface area (Å²) in [6, 6.07) is 0. The third-order valence-corrected chi connectivity index (χ3v) is 3.20. The number of ether oxygens (including phenoxy) is 1. The van der Waals surface area contributed by atoms with Crippen molar-refractivity contribution in [2.24, 2.45) is 5.92 Å². The van der Waals surface area contributed by atoms with Gasteiger partial charge in [0, 0.05) is 0 Å². The number of epoxide rings is 1. The molecule has 2 unspecified atom stereocenters. The van der Waals surface area contributed by atoms with Gasteiger partial charge in [-0.2, -0.15) is 0 Å². The van der Waals surface area contributed by atoms with Gasteiger partial charge in [-0.3, -0.25) is 0 Å². The van der Waals surface area contributed by atoms with E-state index in [0.717, 1.165) is 6.42 Å². The first-order valence-electron chi connectivity index (χ1n) is 4.47. The second kappa shape index (κ2) is 3.44. The largest absolute Gasteiger partial charge is 0.354 e. The smallest absolute Gasteiger partial charge is 0.149 e. The Morgan fingerprint density at radius 2 is 2.18 bits per heavy atom. The highest BCUT2D eigenvalue weighted by atomic mass is 79.9. The van der Waals surface area contributed by atoms with Gasteiger partial charge < -0.3 is 4.74 Å². The maximum atomic E-state index is 5.58. The van der Waals surface area contributed by atoms with E-state index in [4.69, 9.17) is 4.74 Å². The Balaban J connectivity index is 2.25.